The van der Waals surface area contributed by atoms with Crippen molar-refractivity contribution in [3.05, 3.63) is 52.3 Å². The Bertz CT molecular complexity index is 545. The van der Waals surface area contributed by atoms with Crippen LogP contribution < -0.4 is 5.32 Å². The summed E-state index contributed by atoms with van der Waals surface area (Å²) in [6, 6.07) is 10.5. The molecule has 108 valence electrons. The fraction of sp³-hybridized carbons (Fsp3) is 0.438. The molecule has 0 bridgehead atoms. The van der Waals surface area contributed by atoms with Gasteiger partial charge in [0.15, 0.2) is 0 Å². The van der Waals surface area contributed by atoms with Crippen LogP contribution in [0.5, 0.6) is 0 Å². The van der Waals surface area contributed by atoms with E-state index in [4.69, 9.17) is 11.6 Å². The molecule has 0 saturated carbocycles. The fourth-order valence-corrected chi connectivity index (χ4v) is 2.36. The molecule has 0 spiro atoms. The van der Waals surface area contributed by atoms with E-state index >= 15 is 0 Å². The van der Waals surface area contributed by atoms with E-state index in [1.54, 1.807) is 0 Å². The normalized spacial score (nSPS) is 12.6. The lowest BCUT2D eigenvalue weighted by molar-refractivity contribution is 0.530. The van der Waals surface area contributed by atoms with Crippen LogP contribution in [0.15, 0.2) is 30.3 Å². The summed E-state index contributed by atoms with van der Waals surface area (Å²) in [5.41, 5.74) is 3.64. The highest BCUT2D eigenvalue weighted by Gasteiger charge is 2.09. The second kappa shape index (κ2) is 6.91. The summed E-state index contributed by atoms with van der Waals surface area (Å²) in [7, 11) is 0. The summed E-state index contributed by atoms with van der Waals surface area (Å²) in [5.74, 6) is 0. The van der Waals surface area contributed by atoms with Gasteiger partial charge in [0.05, 0.1) is 11.4 Å². The van der Waals surface area contributed by atoms with Crippen molar-refractivity contribution in [2.75, 3.05) is 0 Å². The van der Waals surface area contributed by atoms with E-state index in [0.29, 0.717) is 0 Å². The predicted molar refractivity (Wildman–Crippen MR) is 84.0 cm³/mol. The average Bonchev–Trinajstić information content (AvgIpc) is 2.88. The molecule has 0 aliphatic rings. The minimum atomic E-state index is 0.289. The quantitative estimate of drug-likeness (QED) is 0.873. The third-order valence-electron chi connectivity index (χ3n) is 3.54. The van der Waals surface area contributed by atoms with Crippen molar-refractivity contribution in [2.45, 2.75) is 46.3 Å². The van der Waals surface area contributed by atoms with E-state index in [1.807, 2.05) is 12.1 Å². The molecule has 4 heteroatoms. The largest absolute Gasteiger partial charge is 0.305 e. The van der Waals surface area contributed by atoms with Crippen molar-refractivity contribution in [2.24, 2.45) is 0 Å². The molecule has 0 fully saturated rings. The molecule has 20 heavy (non-hydrogen) atoms. The number of benzene rings is 1. The van der Waals surface area contributed by atoms with E-state index < -0.39 is 0 Å². The highest BCUT2D eigenvalue weighted by Crippen LogP contribution is 2.16. The Balaban J connectivity index is 2.00. The highest BCUT2D eigenvalue weighted by atomic mass is 35.5. The molecule has 3 nitrogen and oxygen atoms in total. The van der Waals surface area contributed by atoms with Crippen molar-refractivity contribution in [1.29, 1.82) is 0 Å². The van der Waals surface area contributed by atoms with E-state index in [2.05, 4.69) is 54.1 Å². The Kier molecular flexibility index (Phi) is 5.21. The summed E-state index contributed by atoms with van der Waals surface area (Å²) < 4.78 is 2.07. The average molecular weight is 292 g/mol. The maximum absolute atomic E-state index is 5.92. The molecule has 0 saturated heterocycles. The molecule has 2 rings (SSSR count). The van der Waals surface area contributed by atoms with Crippen molar-refractivity contribution in [1.82, 2.24) is 15.1 Å². The number of aromatic nitrogens is 2. The van der Waals surface area contributed by atoms with Gasteiger partial charge in [0.25, 0.3) is 0 Å². The zero-order valence-corrected chi connectivity index (χ0v) is 13.1. The fourth-order valence-electron chi connectivity index (χ4n) is 2.23. The molecule has 1 atom stereocenters. The SMILES string of the molecule is CCc1cc(CNC(C)c2ccc(Cl)cc2)n(CC)n1. The number of nitrogens with zero attached hydrogens (tertiary/aromatic N) is 2. The van der Waals surface area contributed by atoms with Crippen molar-refractivity contribution < 1.29 is 0 Å². The number of rotatable bonds is 6. The number of halogens is 1. The molecule has 1 N–H and O–H groups in total. The molecule has 2 aromatic rings. The Morgan fingerprint density at radius 1 is 1.25 bits per heavy atom. The van der Waals surface area contributed by atoms with Crippen molar-refractivity contribution in [3.63, 3.8) is 0 Å². The van der Waals surface area contributed by atoms with E-state index in [0.717, 1.165) is 30.2 Å². The predicted octanol–water partition coefficient (Wildman–Crippen LogP) is 3.97. The minimum Gasteiger partial charge on any atom is -0.305 e. The Hall–Kier alpha value is -1.32. The first-order valence-corrected chi connectivity index (χ1v) is 7.56. The molecule has 1 heterocycles. The van der Waals surface area contributed by atoms with Gasteiger partial charge in [-0.05, 0) is 44.0 Å². The lowest BCUT2D eigenvalue weighted by atomic mass is 10.1. The minimum absolute atomic E-state index is 0.289. The second-order valence-electron chi connectivity index (χ2n) is 4.95. The van der Waals surface area contributed by atoms with Gasteiger partial charge < -0.3 is 5.32 Å². The molecule has 1 aromatic carbocycles. The molecule has 0 aliphatic heterocycles. The van der Waals surface area contributed by atoms with Gasteiger partial charge in [-0.15, -0.1) is 0 Å². The van der Waals surface area contributed by atoms with E-state index in [-0.39, 0.29) is 6.04 Å². The topological polar surface area (TPSA) is 29.9 Å². The summed E-state index contributed by atoms with van der Waals surface area (Å²) in [6.45, 7) is 8.15. The van der Waals surface area contributed by atoms with Crippen LogP contribution in [-0.4, -0.2) is 9.78 Å². The van der Waals surface area contributed by atoms with Gasteiger partial charge in [0.2, 0.25) is 0 Å². The summed E-state index contributed by atoms with van der Waals surface area (Å²) >= 11 is 5.92. The molecule has 0 amide bonds. The summed E-state index contributed by atoms with van der Waals surface area (Å²) in [4.78, 5) is 0. The van der Waals surface area contributed by atoms with Gasteiger partial charge >= 0.3 is 0 Å². The molecular weight excluding hydrogens is 270 g/mol. The van der Waals surface area contributed by atoms with Crippen LogP contribution in [0, 0.1) is 0 Å². The first-order valence-electron chi connectivity index (χ1n) is 7.18. The number of hydrogen-bond donors (Lipinski definition) is 1. The van der Waals surface area contributed by atoms with Gasteiger partial charge in [0, 0.05) is 24.2 Å². The Morgan fingerprint density at radius 3 is 2.55 bits per heavy atom. The maximum atomic E-state index is 5.92. The van der Waals surface area contributed by atoms with Gasteiger partial charge in [-0.3, -0.25) is 4.68 Å². The third-order valence-corrected chi connectivity index (χ3v) is 3.79. The zero-order valence-electron chi connectivity index (χ0n) is 12.4. The van der Waals surface area contributed by atoms with Crippen LogP contribution in [0.3, 0.4) is 0 Å². The highest BCUT2D eigenvalue weighted by molar-refractivity contribution is 6.30. The van der Waals surface area contributed by atoms with Crippen LogP contribution in [-0.2, 0) is 19.5 Å². The van der Waals surface area contributed by atoms with Crippen molar-refractivity contribution in [3.8, 4) is 0 Å². The first kappa shape index (κ1) is 15.1. The molecule has 1 unspecified atom stereocenters. The van der Waals surface area contributed by atoms with Crippen LogP contribution in [0.4, 0.5) is 0 Å². The smallest absolute Gasteiger partial charge is 0.0625 e. The van der Waals surface area contributed by atoms with Gasteiger partial charge in [-0.2, -0.15) is 5.10 Å². The molecular formula is C16H22ClN3. The molecule has 1 aromatic heterocycles. The van der Waals surface area contributed by atoms with E-state index in [1.165, 1.54) is 11.3 Å². The molecule has 0 radical (unpaired) electrons. The Morgan fingerprint density at radius 2 is 1.95 bits per heavy atom. The standard InChI is InChI=1S/C16H22ClN3/c1-4-15-10-16(20(5-2)19-15)11-18-12(3)13-6-8-14(17)9-7-13/h6-10,12,18H,4-5,11H2,1-3H3. The summed E-state index contributed by atoms with van der Waals surface area (Å²) in [6.07, 6.45) is 0.979. The second-order valence-corrected chi connectivity index (χ2v) is 5.39. The van der Waals surface area contributed by atoms with Crippen LogP contribution in [0.2, 0.25) is 5.02 Å². The number of nitrogens with one attached hydrogen (secondary N) is 1. The van der Waals surface area contributed by atoms with Crippen molar-refractivity contribution >= 4 is 11.6 Å². The van der Waals surface area contributed by atoms with Crippen LogP contribution >= 0.6 is 11.6 Å². The van der Waals surface area contributed by atoms with Crippen LogP contribution in [0.1, 0.15) is 43.8 Å². The molecule has 0 aliphatic carbocycles. The first-order chi connectivity index (χ1) is 9.63. The van der Waals surface area contributed by atoms with Gasteiger partial charge in [-0.1, -0.05) is 30.7 Å². The lowest BCUT2D eigenvalue weighted by Gasteiger charge is -2.14. The summed E-state index contributed by atoms with van der Waals surface area (Å²) in [5, 5.41) is 8.89. The van der Waals surface area contributed by atoms with Gasteiger partial charge in [0.1, 0.15) is 0 Å². The third kappa shape index (κ3) is 3.62. The van der Waals surface area contributed by atoms with E-state index in [9.17, 15) is 0 Å². The number of hydrogen-bond acceptors (Lipinski definition) is 2. The monoisotopic (exact) mass is 291 g/mol. The zero-order chi connectivity index (χ0) is 14.5. The van der Waals surface area contributed by atoms with Gasteiger partial charge in [-0.25, -0.2) is 0 Å². The Labute approximate surface area is 126 Å². The maximum Gasteiger partial charge on any atom is 0.0625 e. The van der Waals surface area contributed by atoms with Crippen LogP contribution in [0.25, 0.3) is 0 Å². The lowest BCUT2D eigenvalue weighted by Crippen LogP contribution is -2.20. The number of aryl methyl sites for hydroxylation is 2.